The van der Waals surface area contributed by atoms with Crippen molar-refractivity contribution in [3.63, 3.8) is 0 Å². The van der Waals surface area contributed by atoms with Crippen LogP contribution >= 0.6 is 0 Å². The second-order valence-electron chi connectivity index (χ2n) is 7.25. The van der Waals surface area contributed by atoms with Crippen LogP contribution in [0.4, 0.5) is 5.69 Å². The van der Waals surface area contributed by atoms with E-state index in [2.05, 4.69) is 29.8 Å². The van der Waals surface area contributed by atoms with Crippen LogP contribution in [0.1, 0.15) is 34.8 Å². The van der Waals surface area contributed by atoms with Crippen LogP contribution in [-0.2, 0) is 6.42 Å². The number of fused-ring (bicyclic) bond motifs is 1. The summed E-state index contributed by atoms with van der Waals surface area (Å²) in [7, 11) is 0. The number of pyridine rings is 1. The molecule has 5 heteroatoms. The third-order valence-corrected chi connectivity index (χ3v) is 5.26. The molecule has 0 radical (unpaired) electrons. The Morgan fingerprint density at radius 2 is 2.08 bits per heavy atom. The zero-order valence-electron chi connectivity index (χ0n) is 15.4. The van der Waals surface area contributed by atoms with E-state index in [1.165, 1.54) is 11.3 Å². The Labute approximate surface area is 154 Å². The van der Waals surface area contributed by atoms with E-state index < -0.39 is 0 Å². The SMILES string of the molecule is Cc1cnccc1N1CCCN(C(=O)c2ccc3c(c2)C[C@H](C)O3)CC1. The predicted octanol–water partition coefficient (Wildman–Crippen LogP) is 3.07. The monoisotopic (exact) mass is 351 g/mol. The second-order valence-corrected chi connectivity index (χ2v) is 7.25. The van der Waals surface area contributed by atoms with Crippen LogP contribution in [0.3, 0.4) is 0 Å². The van der Waals surface area contributed by atoms with Crippen molar-refractivity contribution in [2.75, 3.05) is 31.1 Å². The first-order valence-corrected chi connectivity index (χ1v) is 9.36. The molecule has 0 unspecified atom stereocenters. The maximum atomic E-state index is 13.0. The summed E-state index contributed by atoms with van der Waals surface area (Å²) in [5.74, 6) is 1.05. The summed E-state index contributed by atoms with van der Waals surface area (Å²) in [4.78, 5) is 21.5. The highest BCUT2D eigenvalue weighted by atomic mass is 16.5. The van der Waals surface area contributed by atoms with E-state index in [9.17, 15) is 4.79 Å². The fourth-order valence-electron chi connectivity index (χ4n) is 3.92. The molecule has 1 saturated heterocycles. The van der Waals surface area contributed by atoms with Crippen molar-refractivity contribution in [3.8, 4) is 5.75 Å². The topological polar surface area (TPSA) is 45.7 Å². The van der Waals surface area contributed by atoms with Crippen molar-refractivity contribution in [1.82, 2.24) is 9.88 Å². The fourth-order valence-corrected chi connectivity index (χ4v) is 3.92. The predicted molar refractivity (Wildman–Crippen MR) is 102 cm³/mol. The van der Waals surface area contributed by atoms with Gasteiger partial charge in [0.15, 0.2) is 0 Å². The minimum Gasteiger partial charge on any atom is -0.490 e. The summed E-state index contributed by atoms with van der Waals surface area (Å²) >= 11 is 0. The molecule has 1 atom stereocenters. The molecular formula is C21H25N3O2. The van der Waals surface area contributed by atoms with Gasteiger partial charge in [0, 0.05) is 56.2 Å². The van der Waals surface area contributed by atoms with Crippen molar-refractivity contribution < 1.29 is 9.53 Å². The lowest BCUT2D eigenvalue weighted by molar-refractivity contribution is 0.0767. The van der Waals surface area contributed by atoms with E-state index in [1.807, 2.05) is 35.5 Å². The molecule has 1 fully saturated rings. The van der Waals surface area contributed by atoms with Crippen LogP contribution in [0.5, 0.6) is 5.75 Å². The molecular weight excluding hydrogens is 326 g/mol. The maximum absolute atomic E-state index is 13.0. The summed E-state index contributed by atoms with van der Waals surface area (Å²) < 4.78 is 5.74. The van der Waals surface area contributed by atoms with E-state index >= 15 is 0 Å². The first kappa shape index (κ1) is 16.9. The minimum absolute atomic E-state index is 0.126. The van der Waals surface area contributed by atoms with Crippen molar-refractivity contribution >= 4 is 11.6 Å². The Balaban J connectivity index is 1.47. The van der Waals surface area contributed by atoms with Gasteiger partial charge in [0.1, 0.15) is 11.9 Å². The lowest BCUT2D eigenvalue weighted by atomic mass is 10.1. The van der Waals surface area contributed by atoms with Gasteiger partial charge in [-0.2, -0.15) is 0 Å². The van der Waals surface area contributed by atoms with Crippen LogP contribution in [-0.4, -0.2) is 48.1 Å². The zero-order chi connectivity index (χ0) is 18.1. The number of amides is 1. The highest BCUT2D eigenvalue weighted by molar-refractivity contribution is 5.94. The van der Waals surface area contributed by atoms with Gasteiger partial charge in [-0.3, -0.25) is 9.78 Å². The molecule has 26 heavy (non-hydrogen) atoms. The van der Waals surface area contributed by atoms with Gasteiger partial charge in [-0.15, -0.1) is 0 Å². The normalized spacial score (nSPS) is 19.7. The van der Waals surface area contributed by atoms with E-state index in [0.717, 1.165) is 55.9 Å². The van der Waals surface area contributed by atoms with Gasteiger partial charge in [0.25, 0.3) is 5.91 Å². The lowest BCUT2D eigenvalue weighted by Crippen LogP contribution is -2.35. The number of hydrogen-bond acceptors (Lipinski definition) is 4. The Kier molecular flexibility index (Phi) is 4.53. The molecule has 4 rings (SSSR count). The number of rotatable bonds is 2. The average Bonchev–Trinajstić information content (AvgIpc) is 2.85. The number of carbonyl (C=O) groups excluding carboxylic acids is 1. The van der Waals surface area contributed by atoms with Crippen molar-refractivity contribution in [2.24, 2.45) is 0 Å². The summed E-state index contributed by atoms with van der Waals surface area (Å²) in [6.07, 6.45) is 5.79. The summed E-state index contributed by atoms with van der Waals surface area (Å²) in [5, 5.41) is 0. The van der Waals surface area contributed by atoms with Gasteiger partial charge in [0.05, 0.1) is 0 Å². The van der Waals surface area contributed by atoms with Gasteiger partial charge in [-0.25, -0.2) is 0 Å². The van der Waals surface area contributed by atoms with E-state index in [4.69, 9.17) is 4.74 Å². The third kappa shape index (κ3) is 3.26. The van der Waals surface area contributed by atoms with Crippen LogP contribution in [0.15, 0.2) is 36.7 Å². The highest BCUT2D eigenvalue weighted by Gasteiger charge is 2.24. The molecule has 0 saturated carbocycles. The molecule has 0 bridgehead atoms. The molecule has 2 aliphatic heterocycles. The largest absolute Gasteiger partial charge is 0.490 e. The van der Waals surface area contributed by atoms with Crippen molar-refractivity contribution in [3.05, 3.63) is 53.3 Å². The number of ether oxygens (including phenoxy) is 1. The Bertz CT molecular complexity index is 821. The number of carbonyl (C=O) groups is 1. The summed E-state index contributed by atoms with van der Waals surface area (Å²) in [5.41, 5.74) is 4.32. The number of benzene rings is 1. The van der Waals surface area contributed by atoms with Gasteiger partial charge in [0.2, 0.25) is 0 Å². The summed E-state index contributed by atoms with van der Waals surface area (Å²) in [6.45, 7) is 7.50. The van der Waals surface area contributed by atoms with E-state index in [-0.39, 0.29) is 12.0 Å². The number of nitrogens with zero attached hydrogens (tertiary/aromatic N) is 3. The average molecular weight is 351 g/mol. The van der Waals surface area contributed by atoms with Crippen LogP contribution in [0.2, 0.25) is 0 Å². The lowest BCUT2D eigenvalue weighted by Gasteiger charge is -2.25. The zero-order valence-corrected chi connectivity index (χ0v) is 15.4. The molecule has 0 spiro atoms. The molecule has 5 nitrogen and oxygen atoms in total. The highest BCUT2D eigenvalue weighted by Crippen LogP contribution is 2.30. The second kappa shape index (κ2) is 6.98. The van der Waals surface area contributed by atoms with Crippen LogP contribution in [0, 0.1) is 6.92 Å². The summed E-state index contributed by atoms with van der Waals surface area (Å²) in [6, 6.07) is 7.91. The Morgan fingerprint density at radius 1 is 1.19 bits per heavy atom. The Hall–Kier alpha value is -2.56. The fraction of sp³-hybridized carbons (Fsp3) is 0.429. The standard InChI is InChI=1S/C21H25N3O2/c1-15-14-22-7-6-19(15)23-8-3-9-24(11-10-23)21(25)17-4-5-20-18(13-17)12-16(2)26-20/h4-7,13-14,16H,3,8-12H2,1-2H3/t16-/m0/s1. The van der Waals surface area contributed by atoms with Crippen LogP contribution < -0.4 is 9.64 Å². The maximum Gasteiger partial charge on any atom is 0.253 e. The molecule has 136 valence electrons. The van der Waals surface area contributed by atoms with E-state index in [1.54, 1.807) is 0 Å². The van der Waals surface area contributed by atoms with Crippen molar-refractivity contribution in [1.29, 1.82) is 0 Å². The van der Waals surface area contributed by atoms with Gasteiger partial charge >= 0.3 is 0 Å². The first-order valence-electron chi connectivity index (χ1n) is 9.36. The number of aryl methyl sites for hydroxylation is 1. The Morgan fingerprint density at radius 3 is 2.92 bits per heavy atom. The van der Waals surface area contributed by atoms with Gasteiger partial charge in [-0.05, 0) is 55.7 Å². The van der Waals surface area contributed by atoms with E-state index in [0.29, 0.717) is 0 Å². The molecule has 1 amide bonds. The number of anilines is 1. The van der Waals surface area contributed by atoms with Gasteiger partial charge < -0.3 is 14.5 Å². The van der Waals surface area contributed by atoms with Crippen molar-refractivity contribution in [2.45, 2.75) is 32.8 Å². The molecule has 1 aromatic heterocycles. The smallest absolute Gasteiger partial charge is 0.253 e. The quantitative estimate of drug-likeness (QED) is 0.834. The molecule has 1 aromatic carbocycles. The first-order chi connectivity index (χ1) is 12.6. The molecule has 0 aliphatic carbocycles. The minimum atomic E-state index is 0.126. The molecule has 0 N–H and O–H groups in total. The van der Waals surface area contributed by atoms with Gasteiger partial charge in [-0.1, -0.05) is 0 Å². The molecule has 2 aliphatic rings. The number of aromatic nitrogens is 1. The number of hydrogen-bond donors (Lipinski definition) is 0. The van der Waals surface area contributed by atoms with Crippen LogP contribution in [0.25, 0.3) is 0 Å². The third-order valence-electron chi connectivity index (χ3n) is 5.26. The molecule has 3 heterocycles. The molecule has 2 aromatic rings.